The number of hydrogen-bond donors (Lipinski definition) is 2. The Morgan fingerprint density at radius 2 is 2.25 bits per heavy atom. The van der Waals surface area contributed by atoms with Crippen LogP contribution in [-0.2, 0) is 11.0 Å². The lowest BCUT2D eigenvalue weighted by molar-refractivity contribution is -0.137. The Morgan fingerprint density at radius 3 is 2.75 bits per heavy atom. The van der Waals surface area contributed by atoms with Gasteiger partial charge in [0.2, 0.25) is 0 Å². The van der Waals surface area contributed by atoms with Gasteiger partial charge in [-0.3, -0.25) is 4.79 Å². The fraction of sp³-hybridized carbons (Fsp3) is 0.500. The van der Waals surface area contributed by atoms with Crippen molar-refractivity contribution in [2.45, 2.75) is 19.0 Å². The summed E-state index contributed by atoms with van der Waals surface area (Å²) in [5, 5.41) is 11.1. The molecule has 0 aliphatic carbocycles. The monoisotopic (exact) mass is 254 g/mol. The number of thiazole rings is 1. The van der Waals surface area contributed by atoms with Gasteiger partial charge in [0, 0.05) is 13.0 Å². The number of alkyl halides is 3. The van der Waals surface area contributed by atoms with Crippen molar-refractivity contribution < 1.29 is 23.1 Å². The molecule has 16 heavy (non-hydrogen) atoms. The highest BCUT2D eigenvalue weighted by Crippen LogP contribution is 2.34. The molecule has 0 atom stereocenters. The molecule has 1 rings (SSSR count). The van der Waals surface area contributed by atoms with Crippen molar-refractivity contribution in [2.24, 2.45) is 0 Å². The second kappa shape index (κ2) is 5.15. The third-order valence-corrected chi connectivity index (χ3v) is 2.63. The molecule has 8 heteroatoms. The Balaban J connectivity index is 2.38. The number of nitrogens with one attached hydrogen (secondary N) is 1. The lowest BCUT2D eigenvalue weighted by atomic mass is 10.3. The van der Waals surface area contributed by atoms with Gasteiger partial charge in [0.15, 0.2) is 5.13 Å². The minimum Gasteiger partial charge on any atom is -0.481 e. The fourth-order valence-electron chi connectivity index (χ4n) is 0.922. The number of aromatic nitrogens is 1. The molecule has 90 valence electrons. The van der Waals surface area contributed by atoms with Crippen LogP contribution in [0.4, 0.5) is 18.3 Å². The first-order chi connectivity index (χ1) is 7.39. The van der Waals surface area contributed by atoms with Crippen molar-refractivity contribution in [1.29, 1.82) is 0 Å². The molecule has 0 spiro atoms. The molecule has 4 nitrogen and oxygen atoms in total. The van der Waals surface area contributed by atoms with Gasteiger partial charge >= 0.3 is 12.1 Å². The maximum absolute atomic E-state index is 12.2. The average Bonchev–Trinajstić information content (AvgIpc) is 2.59. The quantitative estimate of drug-likeness (QED) is 0.792. The van der Waals surface area contributed by atoms with Gasteiger partial charge < -0.3 is 10.4 Å². The summed E-state index contributed by atoms with van der Waals surface area (Å²) in [5.41, 5.74) is 0. The number of rotatable bonds is 5. The van der Waals surface area contributed by atoms with Crippen molar-refractivity contribution in [3.8, 4) is 0 Å². The lowest BCUT2D eigenvalue weighted by Gasteiger charge is -2.01. The van der Waals surface area contributed by atoms with Gasteiger partial charge in [-0.15, -0.1) is 0 Å². The summed E-state index contributed by atoms with van der Waals surface area (Å²) in [6, 6.07) is 0. The normalized spacial score (nSPS) is 11.4. The largest absolute Gasteiger partial charge is 0.481 e. The van der Waals surface area contributed by atoms with E-state index in [9.17, 15) is 18.0 Å². The molecule has 1 aromatic heterocycles. The van der Waals surface area contributed by atoms with Crippen molar-refractivity contribution in [1.82, 2.24) is 4.98 Å². The average molecular weight is 254 g/mol. The third kappa shape index (κ3) is 4.05. The molecular weight excluding hydrogens is 245 g/mol. The zero-order valence-corrected chi connectivity index (χ0v) is 8.86. The van der Waals surface area contributed by atoms with Crippen molar-refractivity contribution in [3.05, 3.63) is 11.1 Å². The predicted molar refractivity (Wildman–Crippen MR) is 52.5 cm³/mol. The Morgan fingerprint density at radius 1 is 1.56 bits per heavy atom. The molecule has 0 aromatic carbocycles. The van der Waals surface area contributed by atoms with E-state index in [2.05, 4.69) is 10.3 Å². The highest BCUT2D eigenvalue weighted by Gasteiger charge is 2.33. The van der Waals surface area contributed by atoms with Crippen LogP contribution in [0.5, 0.6) is 0 Å². The Hall–Kier alpha value is -1.31. The zero-order valence-electron chi connectivity index (χ0n) is 8.04. The summed E-state index contributed by atoms with van der Waals surface area (Å²) in [7, 11) is 0. The van der Waals surface area contributed by atoms with E-state index in [1.54, 1.807) is 0 Å². The number of anilines is 1. The van der Waals surface area contributed by atoms with Crippen LogP contribution in [0.3, 0.4) is 0 Å². The Kier molecular flexibility index (Phi) is 4.11. The molecule has 0 aliphatic rings. The maximum atomic E-state index is 12.2. The summed E-state index contributed by atoms with van der Waals surface area (Å²) in [4.78, 5) is 12.9. The van der Waals surface area contributed by atoms with Crippen LogP contribution in [-0.4, -0.2) is 22.6 Å². The van der Waals surface area contributed by atoms with E-state index >= 15 is 0 Å². The topological polar surface area (TPSA) is 62.2 Å². The molecule has 0 bridgehead atoms. The lowest BCUT2D eigenvalue weighted by Crippen LogP contribution is -2.04. The third-order valence-electron chi connectivity index (χ3n) is 1.63. The SMILES string of the molecule is O=C(O)CCCNc1ncc(C(F)(F)F)s1. The number of carboxylic acids is 1. The van der Waals surface area contributed by atoms with Crippen molar-refractivity contribution >= 4 is 22.4 Å². The van der Waals surface area contributed by atoms with Crippen LogP contribution in [0.15, 0.2) is 6.20 Å². The van der Waals surface area contributed by atoms with Gasteiger partial charge in [0.25, 0.3) is 0 Å². The van der Waals surface area contributed by atoms with Crippen LogP contribution in [0.25, 0.3) is 0 Å². The standard InChI is InChI=1S/C8H9F3N2O2S/c9-8(10,11)5-4-13-7(16-5)12-3-1-2-6(14)15/h4H,1-3H2,(H,12,13)(H,14,15). The second-order valence-electron chi connectivity index (χ2n) is 2.95. The van der Waals surface area contributed by atoms with Gasteiger partial charge in [-0.25, -0.2) is 4.98 Å². The molecule has 1 heterocycles. The van der Waals surface area contributed by atoms with E-state index < -0.39 is 17.0 Å². The van der Waals surface area contributed by atoms with Gasteiger partial charge in [0.05, 0.1) is 6.20 Å². The summed E-state index contributed by atoms with van der Waals surface area (Å²) in [6.45, 7) is 0.289. The first-order valence-corrected chi connectivity index (χ1v) is 5.20. The van der Waals surface area contributed by atoms with Gasteiger partial charge in [0.1, 0.15) is 4.88 Å². The first kappa shape index (κ1) is 12.8. The number of hydrogen-bond acceptors (Lipinski definition) is 4. The van der Waals surface area contributed by atoms with Crippen molar-refractivity contribution in [2.75, 3.05) is 11.9 Å². The molecule has 0 saturated carbocycles. The minimum atomic E-state index is -4.38. The number of carboxylic acid groups (broad SMARTS) is 1. The molecule has 0 unspecified atom stereocenters. The summed E-state index contributed by atoms with van der Waals surface area (Å²) in [6.07, 6.45) is -3.30. The molecule has 2 N–H and O–H groups in total. The number of aliphatic carboxylic acids is 1. The Labute approximate surface area is 93.1 Å². The molecule has 0 amide bonds. The van der Waals surface area contributed by atoms with Crippen LogP contribution in [0, 0.1) is 0 Å². The summed E-state index contributed by atoms with van der Waals surface area (Å²) < 4.78 is 36.5. The number of carbonyl (C=O) groups is 1. The summed E-state index contributed by atoms with van der Waals surface area (Å²) in [5.74, 6) is -0.933. The van der Waals surface area contributed by atoms with E-state index in [4.69, 9.17) is 5.11 Å². The molecule has 0 aliphatic heterocycles. The van der Waals surface area contributed by atoms with Crippen LogP contribution < -0.4 is 5.32 Å². The van der Waals surface area contributed by atoms with E-state index in [-0.39, 0.29) is 18.1 Å². The van der Waals surface area contributed by atoms with E-state index in [1.807, 2.05) is 0 Å². The molecule has 0 radical (unpaired) electrons. The van der Waals surface area contributed by atoms with Crippen LogP contribution in [0.2, 0.25) is 0 Å². The minimum absolute atomic E-state index is 0.0233. The fourth-order valence-corrected chi connectivity index (χ4v) is 1.63. The summed E-state index contributed by atoms with van der Waals surface area (Å²) >= 11 is 0.504. The van der Waals surface area contributed by atoms with Gasteiger partial charge in [-0.1, -0.05) is 11.3 Å². The van der Waals surface area contributed by atoms with Crippen molar-refractivity contribution in [3.63, 3.8) is 0 Å². The Bertz CT molecular complexity index is 364. The van der Waals surface area contributed by atoms with Crippen LogP contribution in [0.1, 0.15) is 17.7 Å². The smallest absolute Gasteiger partial charge is 0.427 e. The molecule has 0 fully saturated rings. The zero-order chi connectivity index (χ0) is 12.2. The van der Waals surface area contributed by atoms with Gasteiger partial charge in [-0.05, 0) is 6.42 Å². The van der Waals surface area contributed by atoms with Crippen LogP contribution >= 0.6 is 11.3 Å². The molecule has 1 aromatic rings. The van der Waals surface area contributed by atoms with Gasteiger partial charge in [-0.2, -0.15) is 13.2 Å². The highest BCUT2D eigenvalue weighted by molar-refractivity contribution is 7.15. The predicted octanol–water partition coefficient (Wildman–Crippen LogP) is 2.44. The second-order valence-corrected chi connectivity index (χ2v) is 3.98. The van der Waals surface area contributed by atoms with E-state index in [1.165, 1.54) is 0 Å². The number of nitrogens with zero attached hydrogens (tertiary/aromatic N) is 1. The van der Waals surface area contributed by atoms with E-state index in [0.717, 1.165) is 6.20 Å². The molecular formula is C8H9F3N2O2S. The number of halogens is 3. The maximum Gasteiger partial charge on any atom is 0.427 e. The highest BCUT2D eigenvalue weighted by atomic mass is 32.1. The first-order valence-electron chi connectivity index (χ1n) is 4.38. The van der Waals surface area contributed by atoms with E-state index in [0.29, 0.717) is 17.8 Å². The molecule has 0 saturated heterocycles.